The number of hydrogen-bond acceptors (Lipinski definition) is 4. The van der Waals surface area contributed by atoms with E-state index in [0.29, 0.717) is 37.7 Å². The summed E-state index contributed by atoms with van der Waals surface area (Å²) in [6.07, 6.45) is 0.247. The van der Waals surface area contributed by atoms with Crippen molar-refractivity contribution in [3.05, 3.63) is 60.2 Å². The molecule has 2 aromatic carbocycles. The van der Waals surface area contributed by atoms with Gasteiger partial charge >= 0.3 is 0 Å². The van der Waals surface area contributed by atoms with Crippen molar-refractivity contribution in [3.63, 3.8) is 0 Å². The lowest BCUT2D eigenvalue weighted by Crippen LogP contribution is -2.42. The summed E-state index contributed by atoms with van der Waals surface area (Å²) in [5.41, 5.74) is 1.78. The number of hydrogen-bond donors (Lipinski definition) is 0. The minimum atomic E-state index is -0.131. The van der Waals surface area contributed by atoms with Gasteiger partial charge in [-0.15, -0.1) is 0 Å². The summed E-state index contributed by atoms with van der Waals surface area (Å²) in [6.45, 7) is 1.84. The van der Waals surface area contributed by atoms with Crippen molar-refractivity contribution in [3.8, 4) is 5.75 Å². The van der Waals surface area contributed by atoms with E-state index in [9.17, 15) is 9.59 Å². The molecule has 0 saturated heterocycles. The summed E-state index contributed by atoms with van der Waals surface area (Å²) in [6, 6.07) is 17.2. The Morgan fingerprint density at radius 3 is 2.67 bits per heavy atom. The first-order valence-corrected chi connectivity index (χ1v) is 9.02. The molecule has 1 heterocycles. The number of carbonyl (C=O) groups excluding carboxylic acids is 2. The first-order valence-electron chi connectivity index (χ1n) is 9.02. The van der Waals surface area contributed by atoms with Crippen molar-refractivity contribution in [1.29, 1.82) is 0 Å². The van der Waals surface area contributed by atoms with Crippen LogP contribution in [0.4, 0.5) is 5.69 Å². The number of anilines is 1. The van der Waals surface area contributed by atoms with Crippen LogP contribution in [0.25, 0.3) is 0 Å². The zero-order chi connectivity index (χ0) is 19.1. The monoisotopic (exact) mass is 368 g/mol. The van der Waals surface area contributed by atoms with E-state index in [1.807, 2.05) is 54.6 Å². The Kier molecular flexibility index (Phi) is 6.44. The quantitative estimate of drug-likeness (QED) is 0.718. The van der Waals surface area contributed by atoms with Crippen molar-refractivity contribution < 1.29 is 19.1 Å². The lowest BCUT2D eigenvalue weighted by molar-refractivity contribution is -0.132. The molecule has 0 bridgehead atoms. The summed E-state index contributed by atoms with van der Waals surface area (Å²) < 4.78 is 10.6. The SMILES string of the molecule is COCCN(Cc1ccccc1)C(=O)CCN1C(=O)COc2ccccc21. The van der Waals surface area contributed by atoms with Gasteiger partial charge in [-0.3, -0.25) is 9.59 Å². The number of amides is 2. The van der Waals surface area contributed by atoms with Gasteiger partial charge < -0.3 is 19.3 Å². The van der Waals surface area contributed by atoms with Gasteiger partial charge in [0.25, 0.3) is 5.91 Å². The number of para-hydroxylation sites is 2. The van der Waals surface area contributed by atoms with Crippen molar-refractivity contribution in [2.75, 3.05) is 38.3 Å². The number of carbonyl (C=O) groups is 2. The van der Waals surface area contributed by atoms with Crippen LogP contribution in [-0.2, 0) is 20.9 Å². The summed E-state index contributed by atoms with van der Waals surface area (Å²) in [7, 11) is 1.62. The van der Waals surface area contributed by atoms with Gasteiger partial charge in [0.2, 0.25) is 5.91 Å². The molecule has 142 valence electrons. The van der Waals surface area contributed by atoms with Gasteiger partial charge in [0.15, 0.2) is 6.61 Å². The maximum atomic E-state index is 12.8. The predicted molar refractivity (Wildman–Crippen MR) is 103 cm³/mol. The molecule has 1 aliphatic heterocycles. The van der Waals surface area contributed by atoms with Crippen molar-refractivity contribution in [2.24, 2.45) is 0 Å². The van der Waals surface area contributed by atoms with E-state index in [1.165, 1.54) is 0 Å². The molecule has 0 aliphatic carbocycles. The summed E-state index contributed by atoms with van der Waals surface area (Å²) in [5, 5.41) is 0. The maximum absolute atomic E-state index is 12.8. The third-order valence-corrected chi connectivity index (χ3v) is 4.49. The molecule has 0 N–H and O–H groups in total. The van der Waals surface area contributed by atoms with E-state index in [1.54, 1.807) is 16.9 Å². The Morgan fingerprint density at radius 1 is 1.15 bits per heavy atom. The summed E-state index contributed by atoms with van der Waals surface area (Å²) in [5.74, 6) is 0.533. The Hall–Kier alpha value is -2.86. The third kappa shape index (κ3) is 4.86. The molecule has 0 saturated carbocycles. The first-order chi connectivity index (χ1) is 13.2. The lowest BCUT2D eigenvalue weighted by Gasteiger charge is -2.30. The largest absolute Gasteiger partial charge is 0.482 e. The molecule has 1 aliphatic rings. The highest BCUT2D eigenvalue weighted by molar-refractivity contribution is 5.98. The van der Waals surface area contributed by atoms with Gasteiger partial charge in [-0.1, -0.05) is 42.5 Å². The normalized spacial score (nSPS) is 13.1. The Bertz CT molecular complexity index is 779. The van der Waals surface area contributed by atoms with E-state index in [4.69, 9.17) is 9.47 Å². The van der Waals surface area contributed by atoms with Gasteiger partial charge in [-0.05, 0) is 17.7 Å². The molecule has 6 heteroatoms. The number of fused-ring (bicyclic) bond motifs is 1. The van der Waals surface area contributed by atoms with Crippen LogP contribution in [0, 0.1) is 0 Å². The topological polar surface area (TPSA) is 59.1 Å². The fourth-order valence-corrected chi connectivity index (χ4v) is 3.06. The standard InChI is InChI=1S/C21H24N2O4/c1-26-14-13-22(15-17-7-3-2-4-8-17)20(24)11-12-23-18-9-5-6-10-19(18)27-16-21(23)25/h2-10H,11-16H2,1H3. The van der Waals surface area contributed by atoms with E-state index < -0.39 is 0 Å². The average molecular weight is 368 g/mol. The van der Waals surface area contributed by atoms with Gasteiger partial charge in [-0.2, -0.15) is 0 Å². The van der Waals surface area contributed by atoms with Crippen LogP contribution in [0.15, 0.2) is 54.6 Å². The Balaban J connectivity index is 1.66. The molecule has 3 rings (SSSR count). The zero-order valence-electron chi connectivity index (χ0n) is 15.5. The van der Waals surface area contributed by atoms with Crippen LogP contribution in [0.1, 0.15) is 12.0 Å². The minimum absolute atomic E-state index is 0.00259. The number of methoxy groups -OCH3 is 1. The van der Waals surface area contributed by atoms with Gasteiger partial charge in [0.1, 0.15) is 5.75 Å². The van der Waals surface area contributed by atoms with Crippen LogP contribution < -0.4 is 9.64 Å². The highest BCUT2D eigenvalue weighted by Crippen LogP contribution is 2.31. The van der Waals surface area contributed by atoms with Crippen LogP contribution in [0.3, 0.4) is 0 Å². The molecule has 6 nitrogen and oxygen atoms in total. The van der Waals surface area contributed by atoms with Gasteiger partial charge in [0, 0.05) is 33.2 Å². The van der Waals surface area contributed by atoms with E-state index in [-0.39, 0.29) is 24.8 Å². The van der Waals surface area contributed by atoms with Crippen LogP contribution in [-0.4, -0.2) is 50.1 Å². The van der Waals surface area contributed by atoms with E-state index >= 15 is 0 Å². The smallest absolute Gasteiger partial charge is 0.265 e. The van der Waals surface area contributed by atoms with E-state index in [2.05, 4.69) is 0 Å². The Labute approximate surface area is 159 Å². The van der Waals surface area contributed by atoms with Crippen LogP contribution in [0.2, 0.25) is 0 Å². The maximum Gasteiger partial charge on any atom is 0.265 e. The molecular formula is C21H24N2O4. The highest BCUT2D eigenvalue weighted by Gasteiger charge is 2.26. The Morgan fingerprint density at radius 2 is 1.89 bits per heavy atom. The molecule has 27 heavy (non-hydrogen) atoms. The molecule has 0 fully saturated rings. The molecular weight excluding hydrogens is 344 g/mol. The molecule has 2 aromatic rings. The molecule has 2 amide bonds. The third-order valence-electron chi connectivity index (χ3n) is 4.49. The zero-order valence-corrected chi connectivity index (χ0v) is 15.5. The van der Waals surface area contributed by atoms with Crippen molar-refractivity contribution >= 4 is 17.5 Å². The second-order valence-electron chi connectivity index (χ2n) is 6.35. The second-order valence-corrected chi connectivity index (χ2v) is 6.35. The fraction of sp³-hybridized carbons (Fsp3) is 0.333. The van der Waals surface area contributed by atoms with Crippen molar-refractivity contribution in [2.45, 2.75) is 13.0 Å². The molecule has 0 radical (unpaired) electrons. The lowest BCUT2D eigenvalue weighted by atomic mass is 10.2. The highest BCUT2D eigenvalue weighted by atomic mass is 16.5. The molecule has 0 spiro atoms. The van der Waals surface area contributed by atoms with E-state index in [0.717, 1.165) is 5.56 Å². The van der Waals surface area contributed by atoms with Gasteiger partial charge in [-0.25, -0.2) is 0 Å². The number of benzene rings is 2. The number of rotatable bonds is 8. The minimum Gasteiger partial charge on any atom is -0.482 e. The van der Waals surface area contributed by atoms with Crippen LogP contribution in [0.5, 0.6) is 5.75 Å². The molecule has 0 aromatic heterocycles. The number of nitrogens with zero attached hydrogens (tertiary/aromatic N) is 2. The fourth-order valence-electron chi connectivity index (χ4n) is 3.06. The van der Waals surface area contributed by atoms with Crippen LogP contribution >= 0.6 is 0 Å². The predicted octanol–water partition coefficient (Wildman–Crippen LogP) is 2.48. The summed E-state index contributed by atoms with van der Waals surface area (Å²) >= 11 is 0. The first kappa shape index (κ1) is 18.9. The van der Waals surface area contributed by atoms with Crippen molar-refractivity contribution in [1.82, 2.24) is 4.90 Å². The second kappa shape index (κ2) is 9.19. The summed E-state index contributed by atoms with van der Waals surface area (Å²) in [4.78, 5) is 28.5. The average Bonchev–Trinajstić information content (AvgIpc) is 2.71. The molecule has 0 unspecified atom stereocenters. The number of ether oxygens (including phenoxy) is 2. The molecule has 0 atom stereocenters. The van der Waals surface area contributed by atoms with Gasteiger partial charge in [0.05, 0.1) is 12.3 Å².